The van der Waals surface area contributed by atoms with Crippen molar-refractivity contribution in [2.75, 3.05) is 6.54 Å². The highest BCUT2D eigenvalue weighted by Gasteiger charge is 2.35. The lowest BCUT2D eigenvalue weighted by atomic mass is 9.75. The van der Waals surface area contributed by atoms with E-state index in [2.05, 4.69) is 25.8 Å². The molecule has 26 heavy (non-hydrogen) atoms. The fraction of sp³-hybridized carbons (Fsp3) is 0.579. The second kappa shape index (κ2) is 7.39. The summed E-state index contributed by atoms with van der Waals surface area (Å²) in [5, 5.41) is 0. The van der Waals surface area contributed by atoms with Crippen LogP contribution in [-0.4, -0.2) is 37.7 Å². The predicted molar refractivity (Wildman–Crippen MR) is 99.7 cm³/mol. The third-order valence-electron chi connectivity index (χ3n) is 5.31. The fourth-order valence-electron chi connectivity index (χ4n) is 3.81. The molecule has 0 saturated heterocycles. The number of nitrogens with zero attached hydrogens (tertiary/aromatic N) is 2. The van der Waals surface area contributed by atoms with Gasteiger partial charge in [-0.1, -0.05) is 39.3 Å². The Morgan fingerprint density at radius 1 is 1.31 bits per heavy atom. The number of carbonyl (C=O) groups excluding carboxylic acids is 1. The number of aliphatic imine (C=N–C) groups is 1. The van der Waals surface area contributed by atoms with Crippen molar-refractivity contribution >= 4 is 28.0 Å². The lowest BCUT2D eigenvalue weighted by Crippen LogP contribution is -2.41. The van der Waals surface area contributed by atoms with Crippen LogP contribution in [0.5, 0.6) is 0 Å². The molecule has 1 aliphatic carbocycles. The molecule has 7 heteroatoms. The number of sulfonamides is 1. The van der Waals surface area contributed by atoms with E-state index in [1.165, 1.54) is 12.4 Å². The smallest absolute Gasteiger partial charge is 0.327 e. The van der Waals surface area contributed by atoms with Crippen molar-refractivity contribution in [1.82, 2.24) is 4.31 Å². The summed E-state index contributed by atoms with van der Waals surface area (Å²) >= 11 is 0. The average Bonchev–Trinajstić information content (AvgIpc) is 2.57. The number of benzene rings is 1. The molecule has 1 aliphatic heterocycles. The number of ether oxygens (including phenoxy) is 1. The Kier molecular flexibility index (Phi) is 5.37. The van der Waals surface area contributed by atoms with Crippen molar-refractivity contribution in [1.29, 1.82) is 0 Å². The summed E-state index contributed by atoms with van der Waals surface area (Å²) in [5.74, 6) is 0.731. The minimum absolute atomic E-state index is 0.113. The minimum atomic E-state index is -3.78. The van der Waals surface area contributed by atoms with Crippen molar-refractivity contribution in [3.63, 3.8) is 0 Å². The third kappa shape index (κ3) is 3.77. The second-order valence-electron chi connectivity index (χ2n) is 7.62. The van der Waals surface area contributed by atoms with Gasteiger partial charge < -0.3 is 4.74 Å². The van der Waals surface area contributed by atoms with E-state index in [1.807, 2.05) is 0 Å². The second-order valence-corrected chi connectivity index (χ2v) is 9.48. The zero-order valence-electron chi connectivity index (χ0n) is 15.5. The SMILES string of the molecule is CC1CCC(C(C)C)C(OC(=O)CN2C=Nc3ccccc3S2(=O)=O)C1. The molecule has 3 atom stereocenters. The van der Waals surface area contributed by atoms with Crippen LogP contribution >= 0.6 is 0 Å². The molecular formula is C19H26N2O4S. The van der Waals surface area contributed by atoms with E-state index in [1.54, 1.807) is 18.2 Å². The number of carbonyl (C=O) groups is 1. The summed E-state index contributed by atoms with van der Waals surface area (Å²) in [4.78, 5) is 16.7. The molecule has 1 aromatic rings. The molecular weight excluding hydrogens is 352 g/mol. The lowest BCUT2D eigenvalue weighted by molar-refractivity contribution is -0.155. The Morgan fingerprint density at radius 3 is 2.77 bits per heavy atom. The largest absolute Gasteiger partial charge is 0.461 e. The minimum Gasteiger partial charge on any atom is -0.461 e. The summed E-state index contributed by atoms with van der Waals surface area (Å²) < 4.78 is 32.0. The fourth-order valence-corrected chi connectivity index (χ4v) is 5.14. The average molecular weight is 378 g/mol. The van der Waals surface area contributed by atoms with Gasteiger partial charge in [0.15, 0.2) is 0 Å². The zero-order chi connectivity index (χ0) is 18.9. The summed E-state index contributed by atoms with van der Waals surface area (Å²) in [5.41, 5.74) is 0.387. The van der Waals surface area contributed by atoms with Gasteiger partial charge in [-0.25, -0.2) is 17.7 Å². The maximum Gasteiger partial charge on any atom is 0.327 e. The predicted octanol–water partition coefficient (Wildman–Crippen LogP) is 3.35. The van der Waals surface area contributed by atoms with Crippen LogP contribution in [0.15, 0.2) is 34.2 Å². The molecule has 1 aromatic carbocycles. The van der Waals surface area contributed by atoms with E-state index in [0.717, 1.165) is 23.6 Å². The van der Waals surface area contributed by atoms with Crippen LogP contribution in [0.4, 0.5) is 5.69 Å². The highest BCUT2D eigenvalue weighted by atomic mass is 32.2. The van der Waals surface area contributed by atoms with Crippen molar-refractivity contribution in [2.24, 2.45) is 22.7 Å². The quantitative estimate of drug-likeness (QED) is 0.753. The molecule has 0 N–H and O–H groups in total. The van der Waals surface area contributed by atoms with Crippen LogP contribution in [0, 0.1) is 17.8 Å². The van der Waals surface area contributed by atoms with Gasteiger partial charge in [0.05, 0.1) is 5.69 Å². The Labute approximate surface area is 155 Å². The first-order valence-electron chi connectivity index (χ1n) is 9.13. The maximum absolute atomic E-state index is 12.7. The molecule has 0 bridgehead atoms. The lowest BCUT2D eigenvalue weighted by Gasteiger charge is -2.37. The van der Waals surface area contributed by atoms with Gasteiger partial charge in [-0.15, -0.1) is 0 Å². The van der Waals surface area contributed by atoms with Crippen LogP contribution in [0.1, 0.15) is 40.0 Å². The molecule has 1 saturated carbocycles. The van der Waals surface area contributed by atoms with E-state index in [0.29, 0.717) is 23.4 Å². The molecule has 3 unspecified atom stereocenters. The number of fused-ring (bicyclic) bond motifs is 1. The van der Waals surface area contributed by atoms with Gasteiger partial charge in [-0.2, -0.15) is 0 Å². The van der Waals surface area contributed by atoms with Gasteiger partial charge in [0.1, 0.15) is 23.9 Å². The van der Waals surface area contributed by atoms with Gasteiger partial charge in [0, 0.05) is 0 Å². The number of esters is 1. The first kappa shape index (κ1) is 18.9. The Balaban J connectivity index is 1.70. The molecule has 1 heterocycles. The third-order valence-corrected chi connectivity index (χ3v) is 7.05. The van der Waals surface area contributed by atoms with Gasteiger partial charge in [0.25, 0.3) is 10.0 Å². The summed E-state index contributed by atoms with van der Waals surface area (Å²) in [6.45, 7) is 6.09. The summed E-state index contributed by atoms with van der Waals surface area (Å²) in [6.07, 6.45) is 4.05. The van der Waals surface area contributed by atoms with E-state index in [9.17, 15) is 13.2 Å². The highest BCUT2D eigenvalue weighted by Crippen LogP contribution is 2.35. The Hall–Kier alpha value is -1.89. The topological polar surface area (TPSA) is 76.0 Å². The molecule has 2 aliphatic rings. The van der Waals surface area contributed by atoms with Crippen molar-refractivity contribution in [2.45, 2.75) is 51.0 Å². The van der Waals surface area contributed by atoms with Gasteiger partial charge in [0.2, 0.25) is 0 Å². The molecule has 0 amide bonds. The van der Waals surface area contributed by atoms with E-state index in [4.69, 9.17) is 4.74 Å². The summed E-state index contributed by atoms with van der Waals surface area (Å²) in [6, 6.07) is 6.50. The van der Waals surface area contributed by atoms with E-state index >= 15 is 0 Å². The van der Waals surface area contributed by atoms with Crippen LogP contribution in [-0.2, 0) is 19.6 Å². The number of para-hydroxylation sites is 1. The zero-order valence-corrected chi connectivity index (χ0v) is 16.3. The van der Waals surface area contributed by atoms with Gasteiger partial charge >= 0.3 is 5.97 Å². The molecule has 1 fully saturated rings. The molecule has 0 radical (unpaired) electrons. The van der Waals surface area contributed by atoms with Crippen molar-refractivity contribution < 1.29 is 17.9 Å². The van der Waals surface area contributed by atoms with E-state index < -0.39 is 16.0 Å². The van der Waals surface area contributed by atoms with Gasteiger partial charge in [-0.3, -0.25) is 4.79 Å². The molecule has 142 valence electrons. The number of hydrogen-bond donors (Lipinski definition) is 0. The van der Waals surface area contributed by atoms with Crippen molar-refractivity contribution in [3.8, 4) is 0 Å². The van der Waals surface area contributed by atoms with Crippen LogP contribution < -0.4 is 0 Å². The first-order chi connectivity index (χ1) is 12.3. The molecule has 3 rings (SSSR count). The monoisotopic (exact) mass is 378 g/mol. The van der Waals surface area contributed by atoms with Crippen LogP contribution in [0.3, 0.4) is 0 Å². The molecule has 0 aromatic heterocycles. The normalized spacial score (nSPS) is 27.2. The number of hydrogen-bond acceptors (Lipinski definition) is 5. The Morgan fingerprint density at radius 2 is 2.04 bits per heavy atom. The van der Waals surface area contributed by atoms with E-state index in [-0.39, 0.29) is 17.5 Å². The van der Waals surface area contributed by atoms with Crippen molar-refractivity contribution in [3.05, 3.63) is 24.3 Å². The maximum atomic E-state index is 12.7. The highest BCUT2D eigenvalue weighted by molar-refractivity contribution is 7.89. The van der Waals surface area contributed by atoms with Gasteiger partial charge in [-0.05, 0) is 42.7 Å². The molecule has 6 nitrogen and oxygen atoms in total. The number of rotatable bonds is 4. The standard InChI is InChI=1S/C19H26N2O4S/c1-13(2)15-9-8-14(3)10-17(15)25-19(22)11-21-12-20-16-6-4-5-7-18(16)26(21,23)24/h4-7,12-15,17H,8-11H2,1-3H3. The van der Waals surface area contributed by atoms with Crippen LogP contribution in [0.2, 0.25) is 0 Å². The summed E-state index contributed by atoms with van der Waals surface area (Å²) in [7, 11) is -3.78. The van der Waals surface area contributed by atoms with Crippen LogP contribution in [0.25, 0.3) is 0 Å². The molecule has 0 spiro atoms. The Bertz CT molecular complexity index is 804. The first-order valence-corrected chi connectivity index (χ1v) is 10.6.